The van der Waals surface area contributed by atoms with Crippen molar-refractivity contribution in [2.45, 2.75) is 141 Å². The number of ketones is 1. The number of nitrogens with one attached hydrogen (secondary N) is 1. The molecule has 0 radical (unpaired) electrons. The standard InChI is InChI=1S/C45H53NO18/c1-21-28-30(58-22(2)47)33(50)42(9)26(49)19-27-44(20-57-27,62-23(3)48)31(42)35(60-36(51)24-15-12-11-13-16-24)45(41(28,7)8)34(61-39(54)64-45)29(21)59-37(52)43(10,55)32(25-17-14-18-56-25)46-38(53)63-40(4,5)6/h11-18,26-27,29-32,34-35,49,55H,19-20H2,1-10H3,(H,46,53)/t26-,27+,29+,30+,31-,32-,34-,35-,42+,43+,44-,45+/m0/s1. The lowest BCUT2D eigenvalue weighted by molar-refractivity contribution is -0.345. The predicted molar refractivity (Wildman–Crippen MR) is 215 cm³/mol. The third-order valence-corrected chi connectivity index (χ3v) is 13.3. The Hall–Kier alpha value is -5.79. The summed E-state index contributed by atoms with van der Waals surface area (Å²) in [6.45, 7) is 13.5. The summed E-state index contributed by atoms with van der Waals surface area (Å²) in [5.74, 6) is -6.90. The molecular weight excluding hydrogens is 842 g/mol. The quantitative estimate of drug-likeness (QED) is 0.183. The molecule has 3 aliphatic carbocycles. The van der Waals surface area contributed by atoms with Gasteiger partial charge in [0, 0.05) is 25.7 Å². The zero-order chi connectivity index (χ0) is 47.1. The van der Waals surface area contributed by atoms with E-state index in [4.69, 9.17) is 42.3 Å². The van der Waals surface area contributed by atoms with Crippen LogP contribution in [0.3, 0.4) is 0 Å². The number of aliphatic hydroxyl groups is 2. The number of hydrogen-bond acceptors (Lipinski definition) is 18. The smallest absolute Gasteiger partial charge is 0.467 e. The van der Waals surface area contributed by atoms with Crippen molar-refractivity contribution in [3.05, 3.63) is 71.2 Å². The van der Waals surface area contributed by atoms with E-state index in [0.717, 1.165) is 20.8 Å². The normalized spacial score (nSPS) is 33.9. The molecule has 1 spiro atoms. The van der Waals surface area contributed by atoms with Gasteiger partial charge in [-0.2, -0.15) is 0 Å². The molecule has 2 saturated carbocycles. The molecule has 3 N–H and O–H groups in total. The Labute approximate surface area is 368 Å². The number of carbonyl (C=O) groups is 7. The number of furan rings is 1. The molecule has 346 valence electrons. The molecule has 12 atom stereocenters. The van der Waals surface area contributed by atoms with Gasteiger partial charge in [0.05, 0.1) is 35.9 Å². The highest BCUT2D eigenvalue weighted by Crippen LogP contribution is 2.67. The van der Waals surface area contributed by atoms with E-state index < -0.39 is 124 Å². The molecule has 19 nitrogen and oxygen atoms in total. The second-order valence-corrected chi connectivity index (χ2v) is 18.9. The van der Waals surface area contributed by atoms with Gasteiger partial charge in [0.25, 0.3) is 0 Å². The molecule has 1 aromatic carbocycles. The molecule has 2 saturated heterocycles. The van der Waals surface area contributed by atoms with Crippen LogP contribution in [0.1, 0.15) is 97.8 Å². The number of esters is 4. The minimum Gasteiger partial charge on any atom is -0.467 e. The van der Waals surface area contributed by atoms with Crippen molar-refractivity contribution in [2.75, 3.05) is 6.61 Å². The van der Waals surface area contributed by atoms with E-state index in [-0.39, 0.29) is 35.5 Å². The first-order valence-corrected chi connectivity index (χ1v) is 20.8. The maximum absolute atomic E-state index is 15.7. The van der Waals surface area contributed by atoms with Crippen molar-refractivity contribution < 1.29 is 86.1 Å². The average Bonchev–Trinajstić information content (AvgIpc) is 3.86. The number of fused-ring (bicyclic) bond motifs is 4. The molecule has 4 fully saturated rings. The fraction of sp³-hybridized carbons (Fsp3) is 0.578. The van der Waals surface area contributed by atoms with Crippen LogP contribution < -0.4 is 5.32 Å². The van der Waals surface area contributed by atoms with Crippen molar-refractivity contribution in [3.63, 3.8) is 0 Å². The van der Waals surface area contributed by atoms with E-state index in [0.29, 0.717) is 0 Å². The molecule has 64 heavy (non-hydrogen) atoms. The number of amides is 1. The lowest BCUT2D eigenvalue weighted by Crippen LogP contribution is -2.83. The van der Waals surface area contributed by atoms with E-state index in [1.165, 1.54) is 58.2 Å². The number of rotatable bonds is 9. The summed E-state index contributed by atoms with van der Waals surface area (Å²) in [5.41, 5.74) is -12.0. The van der Waals surface area contributed by atoms with E-state index in [9.17, 15) is 39.0 Å². The maximum Gasteiger partial charge on any atom is 0.509 e. The van der Waals surface area contributed by atoms with Crippen molar-refractivity contribution in [1.82, 2.24) is 5.32 Å². The molecule has 5 aliphatic rings. The van der Waals surface area contributed by atoms with Crippen LogP contribution >= 0.6 is 0 Å². The van der Waals surface area contributed by atoms with Gasteiger partial charge in [-0.3, -0.25) is 14.4 Å². The minimum absolute atomic E-state index is 0.00826. The number of hydrogen-bond donors (Lipinski definition) is 3. The van der Waals surface area contributed by atoms with Gasteiger partial charge in [0.15, 0.2) is 41.4 Å². The van der Waals surface area contributed by atoms with Crippen LogP contribution in [0.15, 0.2) is 64.3 Å². The summed E-state index contributed by atoms with van der Waals surface area (Å²) in [6.07, 6.45) is -11.7. The van der Waals surface area contributed by atoms with E-state index >= 15 is 4.79 Å². The van der Waals surface area contributed by atoms with Crippen molar-refractivity contribution in [2.24, 2.45) is 16.7 Å². The summed E-state index contributed by atoms with van der Waals surface area (Å²) in [7, 11) is 0. The molecule has 1 amide bonds. The zero-order valence-corrected chi connectivity index (χ0v) is 37.1. The Kier molecular flexibility index (Phi) is 11.4. The van der Waals surface area contributed by atoms with Crippen LogP contribution in [0.2, 0.25) is 0 Å². The number of Topliss-reactive ketones (excluding diaryl/α,β-unsaturated/α-hetero) is 1. The van der Waals surface area contributed by atoms with E-state index in [1.807, 2.05) is 0 Å². The van der Waals surface area contributed by atoms with Crippen molar-refractivity contribution in [1.29, 1.82) is 0 Å². The second kappa shape index (κ2) is 15.7. The first-order valence-electron chi connectivity index (χ1n) is 20.8. The summed E-state index contributed by atoms with van der Waals surface area (Å²) in [6, 6.07) is 8.84. The lowest BCUT2D eigenvalue weighted by atomic mass is 9.44. The number of benzene rings is 1. The highest BCUT2D eigenvalue weighted by Gasteiger charge is 2.83. The summed E-state index contributed by atoms with van der Waals surface area (Å²) in [5, 5.41) is 26.8. The highest BCUT2D eigenvalue weighted by atomic mass is 16.8. The van der Waals surface area contributed by atoms with Gasteiger partial charge in [0.1, 0.15) is 23.5 Å². The van der Waals surface area contributed by atoms with Gasteiger partial charge < -0.3 is 57.8 Å². The van der Waals surface area contributed by atoms with Gasteiger partial charge in [-0.25, -0.2) is 19.2 Å². The largest absolute Gasteiger partial charge is 0.509 e. The van der Waals surface area contributed by atoms with E-state index in [1.54, 1.807) is 39.0 Å². The fourth-order valence-electron chi connectivity index (χ4n) is 10.5. The topological polar surface area (TPSA) is 259 Å². The Bertz CT molecular complexity index is 2280. The number of carbonyl (C=O) groups excluding carboxylic acids is 7. The molecule has 0 unspecified atom stereocenters. The second-order valence-electron chi connectivity index (χ2n) is 18.9. The van der Waals surface area contributed by atoms with Gasteiger partial charge in [-0.05, 0) is 77.0 Å². The van der Waals surface area contributed by atoms with Crippen LogP contribution in [-0.2, 0) is 57.1 Å². The summed E-state index contributed by atoms with van der Waals surface area (Å²) >= 11 is 0. The van der Waals surface area contributed by atoms with E-state index in [2.05, 4.69) is 5.32 Å². The van der Waals surface area contributed by atoms with Gasteiger partial charge >= 0.3 is 36.1 Å². The fourth-order valence-corrected chi connectivity index (χ4v) is 10.5. The lowest BCUT2D eigenvalue weighted by Gasteiger charge is -2.67. The van der Waals surface area contributed by atoms with Gasteiger partial charge in [-0.15, -0.1) is 0 Å². The molecule has 19 heteroatoms. The summed E-state index contributed by atoms with van der Waals surface area (Å²) < 4.78 is 53.8. The Balaban J connectivity index is 1.48. The van der Waals surface area contributed by atoms with Gasteiger partial charge in [-0.1, -0.05) is 32.0 Å². The number of ether oxygens (including phenoxy) is 8. The molecule has 2 aliphatic heterocycles. The summed E-state index contributed by atoms with van der Waals surface area (Å²) in [4.78, 5) is 98.2. The minimum atomic E-state index is -2.71. The predicted octanol–water partition coefficient (Wildman–Crippen LogP) is 3.97. The van der Waals surface area contributed by atoms with Crippen LogP contribution in [-0.4, -0.2) is 118 Å². The monoisotopic (exact) mass is 895 g/mol. The Morgan fingerprint density at radius 3 is 2.16 bits per heavy atom. The number of alkyl carbamates (subject to hydrolysis) is 1. The highest BCUT2D eigenvalue weighted by molar-refractivity contribution is 5.96. The van der Waals surface area contributed by atoms with Gasteiger partial charge in [0.2, 0.25) is 5.60 Å². The first kappa shape index (κ1) is 46.2. The molecular formula is C45H53NO18. The Morgan fingerprint density at radius 2 is 1.59 bits per heavy atom. The van der Waals surface area contributed by atoms with Crippen LogP contribution in [0.4, 0.5) is 9.59 Å². The molecule has 2 bridgehead atoms. The average molecular weight is 896 g/mol. The first-order chi connectivity index (χ1) is 29.7. The SMILES string of the molecule is CC(=O)O[C@H]1C(=O)[C@@]2(C)[C@H]([C@H](OC(=O)c3ccccc3)[C@]34OC(=O)O[C@H]3[C@H](OC(=O)[C@](C)(O)[C@@H](NC(=O)OC(C)(C)C)c3ccco3)C(C)=C1C4(C)C)[C@]1(OC(C)=O)CO[C@@H]1C[C@@H]2O. The maximum atomic E-state index is 15.7. The number of aliphatic hydroxyl groups excluding tert-OH is 1. The Morgan fingerprint density at radius 1 is 0.922 bits per heavy atom. The van der Waals surface area contributed by atoms with Crippen molar-refractivity contribution in [3.8, 4) is 0 Å². The molecule has 7 rings (SSSR count). The molecule has 2 aromatic rings. The third kappa shape index (κ3) is 7.11. The van der Waals surface area contributed by atoms with Crippen molar-refractivity contribution >= 4 is 41.9 Å². The third-order valence-electron chi connectivity index (χ3n) is 13.3. The van der Waals surface area contributed by atoms with Crippen LogP contribution in [0.5, 0.6) is 0 Å². The zero-order valence-electron chi connectivity index (χ0n) is 37.1. The molecule has 3 heterocycles. The van der Waals surface area contributed by atoms with Crippen LogP contribution in [0.25, 0.3) is 0 Å². The van der Waals surface area contributed by atoms with Crippen LogP contribution in [0, 0.1) is 16.7 Å². The molecule has 1 aromatic heterocycles.